The van der Waals surface area contributed by atoms with Gasteiger partial charge in [0.2, 0.25) is 0 Å². The molecule has 7 nitrogen and oxygen atoms in total. The molecule has 0 aliphatic heterocycles. The lowest BCUT2D eigenvalue weighted by Crippen LogP contribution is -2.39. The van der Waals surface area contributed by atoms with Crippen molar-refractivity contribution in [2.45, 2.75) is 32.6 Å². The Bertz CT molecular complexity index is 1570. The molecule has 0 fully saturated rings. The van der Waals surface area contributed by atoms with Crippen LogP contribution in [0.25, 0.3) is 5.69 Å². The highest BCUT2D eigenvalue weighted by atomic mass is 32.2. The summed E-state index contributed by atoms with van der Waals surface area (Å²) in [4.78, 5) is 12.8. The summed E-state index contributed by atoms with van der Waals surface area (Å²) in [6.07, 6.45) is 1.54. The van der Waals surface area contributed by atoms with Gasteiger partial charge in [-0.2, -0.15) is 5.10 Å². The molecule has 1 heterocycles. The van der Waals surface area contributed by atoms with Gasteiger partial charge in [-0.15, -0.1) is 0 Å². The van der Waals surface area contributed by atoms with E-state index in [4.69, 9.17) is 0 Å². The molecule has 0 bridgehead atoms. The summed E-state index contributed by atoms with van der Waals surface area (Å²) in [5.74, 6) is -1.16. The summed E-state index contributed by atoms with van der Waals surface area (Å²) in [5, 5.41) is 4.09. The molecule has 0 spiro atoms. The average Bonchev–Trinajstić information content (AvgIpc) is 3.16. The first-order chi connectivity index (χ1) is 18.1. The smallest absolute Gasteiger partial charge is 0.264 e. The van der Waals surface area contributed by atoms with Crippen molar-refractivity contribution in [2.24, 2.45) is 5.10 Å². The zero-order valence-electron chi connectivity index (χ0n) is 21.6. The zero-order valence-corrected chi connectivity index (χ0v) is 22.5. The zero-order chi connectivity index (χ0) is 27.4. The molecule has 1 N–H and O–H groups in total. The Balaban J connectivity index is 1.56. The van der Waals surface area contributed by atoms with Crippen molar-refractivity contribution < 1.29 is 17.6 Å². The molecule has 4 rings (SSSR count). The molecule has 9 heteroatoms. The van der Waals surface area contributed by atoms with Crippen LogP contribution in [0.15, 0.2) is 88.9 Å². The molecule has 38 heavy (non-hydrogen) atoms. The van der Waals surface area contributed by atoms with Gasteiger partial charge in [0.1, 0.15) is 12.4 Å². The molecule has 0 radical (unpaired) electrons. The van der Waals surface area contributed by atoms with Crippen molar-refractivity contribution in [1.82, 2.24) is 9.99 Å². The van der Waals surface area contributed by atoms with Crippen LogP contribution >= 0.6 is 0 Å². The Morgan fingerprint density at radius 2 is 1.58 bits per heavy atom. The molecule has 196 valence electrons. The molecule has 0 aliphatic carbocycles. The van der Waals surface area contributed by atoms with E-state index in [0.717, 1.165) is 50.2 Å². The quantitative estimate of drug-likeness (QED) is 0.250. The van der Waals surface area contributed by atoms with E-state index in [0.29, 0.717) is 0 Å². The van der Waals surface area contributed by atoms with Crippen LogP contribution in [0.4, 0.5) is 10.1 Å². The topological polar surface area (TPSA) is 83.8 Å². The number of nitrogens with zero attached hydrogens (tertiary/aromatic N) is 3. The Morgan fingerprint density at radius 3 is 2.21 bits per heavy atom. The number of aromatic nitrogens is 1. The number of rotatable bonds is 8. The van der Waals surface area contributed by atoms with Gasteiger partial charge < -0.3 is 4.57 Å². The number of para-hydroxylation sites is 1. The molecule has 1 aromatic heterocycles. The molecule has 0 aliphatic rings. The van der Waals surface area contributed by atoms with Gasteiger partial charge in [-0.05, 0) is 81.3 Å². The van der Waals surface area contributed by atoms with Gasteiger partial charge in [-0.3, -0.25) is 9.10 Å². The second-order valence-electron chi connectivity index (χ2n) is 9.00. The molecule has 3 aromatic carbocycles. The van der Waals surface area contributed by atoms with Crippen LogP contribution in [0.1, 0.15) is 28.1 Å². The van der Waals surface area contributed by atoms with E-state index in [2.05, 4.69) is 41.1 Å². The summed E-state index contributed by atoms with van der Waals surface area (Å²) in [6, 6.07) is 20.8. The maximum absolute atomic E-state index is 13.5. The van der Waals surface area contributed by atoms with Crippen LogP contribution in [-0.4, -0.2) is 31.7 Å². The molecular formula is C29H29FN4O3S. The monoisotopic (exact) mass is 532 g/mol. The van der Waals surface area contributed by atoms with Crippen molar-refractivity contribution in [2.75, 3.05) is 10.8 Å². The number of carbonyl (C=O) groups excluding carboxylic acids is 1. The van der Waals surface area contributed by atoms with Gasteiger partial charge in [0.05, 0.1) is 22.5 Å². The fourth-order valence-electron chi connectivity index (χ4n) is 4.40. The second kappa shape index (κ2) is 11.0. The number of hydrogen-bond acceptors (Lipinski definition) is 4. The van der Waals surface area contributed by atoms with E-state index in [1.807, 2.05) is 26.0 Å². The first-order valence-corrected chi connectivity index (χ1v) is 13.4. The van der Waals surface area contributed by atoms with Crippen molar-refractivity contribution in [3.63, 3.8) is 0 Å². The lowest BCUT2D eigenvalue weighted by molar-refractivity contribution is -0.119. The summed E-state index contributed by atoms with van der Waals surface area (Å²) in [5.41, 5.74) is 8.77. The van der Waals surface area contributed by atoms with E-state index in [1.165, 1.54) is 30.5 Å². The number of anilines is 1. The third-order valence-corrected chi connectivity index (χ3v) is 8.05. The van der Waals surface area contributed by atoms with Crippen LogP contribution < -0.4 is 9.73 Å². The summed E-state index contributed by atoms with van der Waals surface area (Å²) < 4.78 is 43.3. The minimum Gasteiger partial charge on any atom is -0.317 e. The summed E-state index contributed by atoms with van der Waals surface area (Å²) >= 11 is 0. The van der Waals surface area contributed by atoms with Crippen LogP contribution in [0.3, 0.4) is 0 Å². The Hall–Kier alpha value is -4.24. The summed E-state index contributed by atoms with van der Waals surface area (Å²) in [6.45, 7) is 7.56. The SMILES string of the molecule is Cc1cccc(C)c1-n1c(C)cc(/C=N\NC(=O)CN(c2ccc(F)cc2)S(=O)(=O)c2ccccc2)c1C. The lowest BCUT2D eigenvalue weighted by atomic mass is 10.1. The lowest BCUT2D eigenvalue weighted by Gasteiger charge is -2.23. The maximum Gasteiger partial charge on any atom is 0.264 e. The van der Waals surface area contributed by atoms with Gasteiger partial charge in [-0.25, -0.2) is 18.2 Å². The summed E-state index contributed by atoms with van der Waals surface area (Å²) in [7, 11) is -4.09. The molecule has 4 aromatic rings. The largest absolute Gasteiger partial charge is 0.317 e. The van der Waals surface area contributed by atoms with E-state index >= 15 is 0 Å². The van der Waals surface area contributed by atoms with E-state index in [1.54, 1.807) is 18.2 Å². The molecular weight excluding hydrogens is 503 g/mol. The number of amides is 1. The van der Waals surface area contributed by atoms with Crippen molar-refractivity contribution in [1.29, 1.82) is 0 Å². The van der Waals surface area contributed by atoms with Crippen molar-refractivity contribution in [3.8, 4) is 5.69 Å². The number of benzene rings is 3. The van der Waals surface area contributed by atoms with Gasteiger partial charge in [-0.1, -0.05) is 36.4 Å². The highest BCUT2D eigenvalue weighted by Gasteiger charge is 2.27. The van der Waals surface area contributed by atoms with E-state index in [9.17, 15) is 17.6 Å². The number of sulfonamides is 1. The fraction of sp³-hybridized carbons (Fsp3) is 0.172. The van der Waals surface area contributed by atoms with Crippen LogP contribution in [-0.2, 0) is 14.8 Å². The predicted octanol–water partition coefficient (Wildman–Crippen LogP) is 5.20. The third kappa shape index (κ3) is 5.52. The molecule has 0 saturated heterocycles. The first kappa shape index (κ1) is 26.8. The van der Waals surface area contributed by atoms with Gasteiger partial charge in [0.15, 0.2) is 0 Å². The highest BCUT2D eigenvalue weighted by molar-refractivity contribution is 7.92. The number of nitrogens with one attached hydrogen (secondary N) is 1. The minimum atomic E-state index is -4.09. The molecule has 0 saturated carbocycles. The third-order valence-electron chi connectivity index (χ3n) is 6.26. The average molecular weight is 533 g/mol. The molecule has 0 unspecified atom stereocenters. The standard InChI is InChI=1S/C29H29FN4O3S/c1-20-9-8-10-21(2)29(20)34-22(3)17-24(23(34)4)18-31-32-28(35)19-33(26-15-13-25(30)14-16-26)38(36,37)27-11-6-5-7-12-27/h5-18H,19H2,1-4H3,(H,32,35)/b31-18-. The number of carbonyl (C=O) groups is 1. The van der Waals surface area contributed by atoms with Crippen molar-refractivity contribution >= 4 is 27.8 Å². The predicted molar refractivity (Wildman–Crippen MR) is 148 cm³/mol. The van der Waals surface area contributed by atoms with Crippen molar-refractivity contribution in [3.05, 3.63) is 113 Å². The number of aryl methyl sites for hydroxylation is 3. The minimum absolute atomic E-state index is 0.0135. The Morgan fingerprint density at radius 1 is 0.947 bits per heavy atom. The highest BCUT2D eigenvalue weighted by Crippen LogP contribution is 2.26. The number of hydrogen-bond donors (Lipinski definition) is 1. The van der Waals surface area contributed by atoms with Gasteiger partial charge >= 0.3 is 0 Å². The maximum atomic E-state index is 13.5. The second-order valence-corrected chi connectivity index (χ2v) is 10.9. The Labute approximate surface area is 222 Å². The fourth-order valence-corrected chi connectivity index (χ4v) is 5.84. The molecule has 1 amide bonds. The number of halogens is 1. The van der Waals surface area contributed by atoms with E-state index < -0.39 is 28.3 Å². The normalized spacial score (nSPS) is 11.6. The van der Waals surface area contributed by atoms with E-state index in [-0.39, 0.29) is 10.6 Å². The Kier molecular flexibility index (Phi) is 7.78. The van der Waals surface area contributed by atoms with Gasteiger partial charge in [0, 0.05) is 17.0 Å². The first-order valence-electron chi connectivity index (χ1n) is 12.0. The van der Waals surface area contributed by atoms with Crippen LogP contribution in [0.2, 0.25) is 0 Å². The van der Waals surface area contributed by atoms with Crippen LogP contribution in [0.5, 0.6) is 0 Å². The number of hydrazone groups is 1. The van der Waals surface area contributed by atoms with Crippen LogP contribution in [0, 0.1) is 33.5 Å². The van der Waals surface area contributed by atoms with Gasteiger partial charge in [0.25, 0.3) is 15.9 Å². The molecule has 0 atom stereocenters.